The van der Waals surface area contributed by atoms with Crippen molar-refractivity contribution in [3.05, 3.63) is 11.7 Å². The molecule has 1 unspecified atom stereocenters. The molecular formula is C14H22N4O4. The molecule has 2 rings (SSSR count). The molecule has 22 heavy (non-hydrogen) atoms. The van der Waals surface area contributed by atoms with Crippen molar-refractivity contribution in [1.82, 2.24) is 20.4 Å². The lowest BCUT2D eigenvalue weighted by Crippen LogP contribution is -2.41. The van der Waals surface area contributed by atoms with E-state index in [0.717, 1.165) is 12.8 Å². The summed E-state index contributed by atoms with van der Waals surface area (Å²) >= 11 is 0. The number of aliphatic carboxylic acids is 1. The quantitative estimate of drug-likeness (QED) is 0.857. The smallest absolute Gasteiger partial charge is 0.318 e. The van der Waals surface area contributed by atoms with Gasteiger partial charge in [-0.05, 0) is 40.0 Å². The number of rotatable bonds is 5. The fourth-order valence-corrected chi connectivity index (χ4v) is 2.41. The monoisotopic (exact) mass is 310 g/mol. The van der Waals surface area contributed by atoms with Gasteiger partial charge in [-0.3, -0.25) is 4.79 Å². The molecule has 2 N–H and O–H groups in total. The van der Waals surface area contributed by atoms with Crippen LogP contribution in [0.2, 0.25) is 0 Å². The van der Waals surface area contributed by atoms with Gasteiger partial charge in [0.25, 0.3) is 0 Å². The zero-order valence-corrected chi connectivity index (χ0v) is 13.1. The minimum absolute atomic E-state index is 0.200. The van der Waals surface area contributed by atoms with E-state index in [2.05, 4.69) is 15.5 Å². The summed E-state index contributed by atoms with van der Waals surface area (Å²) < 4.78 is 5.16. The van der Waals surface area contributed by atoms with Crippen LogP contribution in [0.5, 0.6) is 0 Å². The molecule has 0 aromatic carbocycles. The number of nitrogens with one attached hydrogen (secondary N) is 1. The van der Waals surface area contributed by atoms with Crippen LogP contribution in [0.4, 0.5) is 4.79 Å². The van der Waals surface area contributed by atoms with E-state index in [1.54, 1.807) is 25.7 Å². The molecule has 1 saturated heterocycles. The van der Waals surface area contributed by atoms with E-state index in [0.29, 0.717) is 31.2 Å². The van der Waals surface area contributed by atoms with E-state index < -0.39 is 11.4 Å². The highest BCUT2D eigenvalue weighted by molar-refractivity contribution is 5.75. The van der Waals surface area contributed by atoms with Gasteiger partial charge in [0.15, 0.2) is 5.82 Å². The van der Waals surface area contributed by atoms with Crippen molar-refractivity contribution in [2.24, 2.45) is 5.41 Å². The molecule has 2 amide bonds. The highest BCUT2D eigenvalue weighted by atomic mass is 16.5. The van der Waals surface area contributed by atoms with E-state index in [1.807, 2.05) is 0 Å². The van der Waals surface area contributed by atoms with Crippen LogP contribution in [0.1, 0.15) is 50.9 Å². The Kier molecular flexibility index (Phi) is 4.68. The summed E-state index contributed by atoms with van der Waals surface area (Å²) in [6.45, 7) is 5.95. The number of carboxylic acid groups (broad SMARTS) is 1. The van der Waals surface area contributed by atoms with Crippen molar-refractivity contribution >= 4 is 12.0 Å². The number of aryl methyl sites for hydroxylation is 1. The van der Waals surface area contributed by atoms with Gasteiger partial charge in [0.2, 0.25) is 5.89 Å². The Bertz CT molecular complexity index is 555. The topological polar surface area (TPSA) is 109 Å². The van der Waals surface area contributed by atoms with Crippen LogP contribution in [0.15, 0.2) is 4.52 Å². The predicted octanol–water partition coefficient (Wildman–Crippen LogP) is 1.73. The minimum Gasteiger partial charge on any atom is -0.481 e. The Hall–Kier alpha value is -2.12. The number of carbonyl (C=O) groups excluding carboxylic acids is 1. The lowest BCUT2D eigenvalue weighted by atomic mass is 9.90. The number of hydrogen-bond donors (Lipinski definition) is 2. The van der Waals surface area contributed by atoms with Crippen molar-refractivity contribution in [2.75, 3.05) is 13.1 Å². The fourth-order valence-electron chi connectivity index (χ4n) is 2.41. The first-order valence-corrected chi connectivity index (χ1v) is 7.39. The third-order valence-electron chi connectivity index (χ3n) is 3.95. The van der Waals surface area contributed by atoms with Crippen molar-refractivity contribution in [3.8, 4) is 0 Å². The lowest BCUT2D eigenvalue weighted by molar-refractivity contribution is -0.147. The number of hydrogen-bond acceptors (Lipinski definition) is 5. The molecule has 1 aromatic rings. The van der Waals surface area contributed by atoms with E-state index in [1.165, 1.54) is 0 Å². The Labute approximate surface area is 128 Å². The number of carboxylic acids is 1. The summed E-state index contributed by atoms with van der Waals surface area (Å²) in [7, 11) is 0. The Balaban J connectivity index is 1.90. The summed E-state index contributed by atoms with van der Waals surface area (Å²) in [6, 6.07) is -0.423. The third-order valence-corrected chi connectivity index (χ3v) is 3.95. The van der Waals surface area contributed by atoms with Gasteiger partial charge in [0.05, 0.1) is 5.41 Å². The van der Waals surface area contributed by atoms with Gasteiger partial charge >= 0.3 is 12.0 Å². The average Bonchev–Trinajstić information content (AvgIpc) is 3.06. The number of carbonyl (C=O) groups is 2. The van der Waals surface area contributed by atoms with Gasteiger partial charge in [0.1, 0.15) is 6.04 Å². The largest absolute Gasteiger partial charge is 0.481 e. The second kappa shape index (κ2) is 6.33. The Morgan fingerprint density at radius 3 is 2.82 bits per heavy atom. The summed E-state index contributed by atoms with van der Waals surface area (Å²) in [4.78, 5) is 29.2. The first-order valence-electron chi connectivity index (χ1n) is 7.39. The molecule has 8 heteroatoms. The third kappa shape index (κ3) is 3.55. The molecule has 8 nitrogen and oxygen atoms in total. The molecule has 1 aliphatic rings. The van der Waals surface area contributed by atoms with Crippen LogP contribution >= 0.6 is 0 Å². The maximum Gasteiger partial charge on any atom is 0.318 e. The van der Waals surface area contributed by atoms with Crippen LogP contribution in [-0.4, -0.2) is 45.2 Å². The Morgan fingerprint density at radius 2 is 2.23 bits per heavy atom. The second-order valence-corrected chi connectivity index (χ2v) is 6.20. The normalized spacial score (nSPS) is 18.5. The maximum absolute atomic E-state index is 12.3. The zero-order chi connectivity index (χ0) is 16.3. The van der Waals surface area contributed by atoms with E-state index in [-0.39, 0.29) is 12.1 Å². The van der Waals surface area contributed by atoms with Crippen LogP contribution in [-0.2, 0) is 4.79 Å². The summed E-state index contributed by atoms with van der Waals surface area (Å²) in [5, 5.41) is 15.6. The van der Waals surface area contributed by atoms with Crippen molar-refractivity contribution in [2.45, 2.75) is 46.1 Å². The van der Waals surface area contributed by atoms with Crippen LogP contribution < -0.4 is 5.32 Å². The zero-order valence-electron chi connectivity index (χ0n) is 13.1. The summed E-state index contributed by atoms with van der Waals surface area (Å²) in [5.41, 5.74) is -0.860. The molecule has 1 atom stereocenters. The minimum atomic E-state index is -0.873. The molecule has 0 aliphatic carbocycles. The van der Waals surface area contributed by atoms with Crippen molar-refractivity contribution in [1.29, 1.82) is 0 Å². The van der Waals surface area contributed by atoms with E-state index in [9.17, 15) is 9.59 Å². The highest BCUT2D eigenvalue weighted by Gasteiger charge is 2.34. The Morgan fingerprint density at radius 1 is 1.50 bits per heavy atom. The lowest BCUT2D eigenvalue weighted by Gasteiger charge is -2.24. The molecule has 1 fully saturated rings. The number of amides is 2. The van der Waals surface area contributed by atoms with Crippen molar-refractivity contribution in [3.63, 3.8) is 0 Å². The molecule has 0 radical (unpaired) electrons. The van der Waals surface area contributed by atoms with Crippen LogP contribution in [0, 0.1) is 12.3 Å². The fraction of sp³-hybridized carbons (Fsp3) is 0.714. The molecular weight excluding hydrogens is 288 g/mol. The predicted molar refractivity (Wildman–Crippen MR) is 77.1 cm³/mol. The van der Waals surface area contributed by atoms with Gasteiger partial charge < -0.3 is 19.8 Å². The summed E-state index contributed by atoms with van der Waals surface area (Å²) in [5.74, 6) is 0.128. The average molecular weight is 310 g/mol. The SMILES string of the molecule is Cc1noc(C2CCCN2C(=O)NCCC(C)(C)C(=O)O)n1. The molecule has 0 saturated carbocycles. The van der Waals surface area contributed by atoms with Gasteiger partial charge in [-0.15, -0.1) is 0 Å². The molecule has 1 aromatic heterocycles. The number of nitrogens with zero attached hydrogens (tertiary/aromatic N) is 3. The van der Waals surface area contributed by atoms with Crippen LogP contribution in [0.3, 0.4) is 0 Å². The first-order chi connectivity index (χ1) is 10.3. The standard InChI is InChI=1S/C14H22N4O4/c1-9-16-11(22-17-9)10-5-4-8-18(10)13(21)15-7-6-14(2,3)12(19)20/h10H,4-8H2,1-3H3,(H,15,21)(H,19,20). The number of aromatic nitrogens is 2. The highest BCUT2D eigenvalue weighted by Crippen LogP contribution is 2.30. The second-order valence-electron chi connectivity index (χ2n) is 6.20. The molecule has 122 valence electrons. The summed E-state index contributed by atoms with van der Waals surface area (Å²) in [6.07, 6.45) is 2.03. The van der Waals surface area contributed by atoms with Crippen LogP contribution in [0.25, 0.3) is 0 Å². The maximum atomic E-state index is 12.3. The van der Waals surface area contributed by atoms with Gasteiger partial charge in [-0.25, -0.2) is 4.79 Å². The molecule has 1 aliphatic heterocycles. The van der Waals surface area contributed by atoms with E-state index >= 15 is 0 Å². The van der Waals surface area contributed by atoms with E-state index in [4.69, 9.17) is 9.63 Å². The van der Waals surface area contributed by atoms with Crippen molar-refractivity contribution < 1.29 is 19.2 Å². The first kappa shape index (κ1) is 16.3. The van der Waals surface area contributed by atoms with Gasteiger partial charge in [-0.2, -0.15) is 4.98 Å². The van der Waals surface area contributed by atoms with Gasteiger partial charge in [-0.1, -0.05) is 5.16 Å². The van der Waals surface area contributed by atoms with Gasteiger partial charge in [0, 0.05) is 13.1 Å². The number of likely N-dealkylation sites (tertiary alicyclic amines) is 1. The molecule has 0 bridgehead atoms. The molecule has 0 spiro atoms. The molecule has 2 heterocycles. The number of urea groups is 1.